The molecule has 234 valence electrons. The number of methoxy groups -OCH3 is 2. The van der Waals surface area contributed by atoms with Crippen LogP contribution < -0.4 is 14.4 Å². The van der Waals surface area contributed by atoms with Gasteiger partial charge in [0.25, 0.3) is 0 Å². The van der Waals surface area contributed by atoms with E-state index in [0.29, 0.717) is 30.6 Å². The maximum Gasteiger partial charge on any atom is 0.410 e. The zero-order valence-corrected chi connectivity index (χ0v) is 26.8. The number of fused-ring (bicyclic) bond motifs is 3. The highest BCUT2D eigenvalue weighted by Gasteiger charge is 2.46. The summed E-state index contributed by atoms with van der Waals surface area (Å²) in [7, 11) is 5.13. The summed E-state index contributed by atoms with van der Waals surface area (Å²) in [5.74, 6) is 1.42. The van der Waals surface area contributed by atoms with Crippen LogP contribution in [0.3, 0.4) is 0 Å². The van der Waals surface area contributed by atoms with Gasteiger partial charge in [0, 0.05) is 87.8 Å². The van der Waals surface area contributed by atoms with E-state index in [0.717, 1.165) is 53.2 Å². The first-order chi connectivity index (χ1) is 21.0. The van der Waals surface area contributed by atoms with E-state index in [1.54, 1.807) is 25.4 Å². The number of piperazine rings is 1. The van der Waals surface area contributed by atoms with Gasteiger partial charge in [0.1, 0.15) is 17.1 Å². The lowest BCUT2D eigenvalue weighted by Gasteiger charge is -2.36. The number of anilines is 2. The Morgan fingerprint density at radius 3 is 2.41 bits per heavy atom. The van der Waals surface area contributed by atoms with Crippen molar-refractivity contribution in [2.24, 2.45) is 5.10 Å². The fourth-order valence-corrected chi connectivity index (χ4v) is 5.90. The maximum atomic E-state index is 12.8. The van der Waals surface area contributed by atoms with E-state index < -0.39 is 5.60 Å². The fraction of sp³-hybridized carbons (Fsp3) is 0.455. The topological polar surface area (TPSA) is 95.9 Å². The molecule has 11 nitrogen and oxygen atoms in total. The quantitative estimate of drug-likeness (QED) is 0.224. The molecule has 2 saturated heterocycles. The number of ether oxygens (including phenoxy) is 3. The van der Waals surface area contributed by atoms with Gasteiger partial charge in [-0.25, -0.2) is 9.78 Å². The average molecular weight is 602 g/mol. The standard InChI is InChI=1S/C33H43N7O4/c1-22(19-37(6)34-5)31-18-35-29-10-9-23(16-30(29)36-31)39(24-14-27(42-7)17-28(15-24)43-8)12-11-38-20-26-13-25(38)21-40(26)32(41)44-33(2,3)4/h9-10,14-19,25-26H,5,11-13,20-21H2,1-4,6-8H3/b22-19+/t25-,26-/m0/s1. The van der Waals surface area contributed by atoms with Crippen molar-refractivity contribution in [3.8, 4) is 11.5 Å². The molecule has 11 heteroatoms. The molecule has 2 aromatic carbocycles. The molecule has 2 atom stereocenters. The molecule has 5 rings (SSSR count). The van der Waals surface area contributed by atoms with Gasteiger partial charge in [-0.15, -0.1) is 0 Å². The van der Waals surface area contributed by atoms with Crippen LogP contribution in [0.5, 0.6) is 11.5 Å². The van der Waals surface area contributed by atoms with Crippen molar-refractivity contribution in [3.05, 3.63) is 54.5 Å². The van der Waals surface area contributed by atoms with Gasteiger partial charge in [0.2, 0.25) is 0 Å². The lowest BCUT2D eigenvalue weighted by Crippen LogP contribution is -2.51. The molecule has 0 radical (unpaired) electrons. The summed E-state index contributed by atoms with van der Waals surface area (Å²) < 4.78 is 16.9. The van der Waals surface area contributed by atoms with Crippen molar-refractivity contribution in [1.82, 2.24) is 24.8 Å². The molecular weight excluding hydrogens is 558 g/mol. The van der Waals surface area contributed by atoms with Crippen LogP contribution in [0, 0.1) is 0 Å². The summed E-state index contributed by atoms with van der Waals surface area (Å²) in [5.41, 5.74) is 4.71. The molecule has 1 aromatic heterocycles. The number of carbonyl (C=O) groups is 1. The van der Waals surface area contributed by atoms with E-state index in [9.17, 15) is 4.79 Å². The molecule has 0 spiro atoms. The third-order valence-corrected chi connectivity index (χ3v) is 8.09. The second-order valence-corrected chi connectivity index (χ2v) is 12.3. The molecule has 2 aliphatic rings. The molecule has 2 aliphatic heterocycles. The predicted octanol–water partition coefficient (Wildman–Crippen LogP) is 5.39. The van der Waals surface area contributed by atoms with E-state index in [2.05, 4.69) is 38.7 Å². The number of amides is 1. The summed E-state index contributed by atoms with van der Waals surface area (Å²) in [5, 5.41) is 5.56. The van der Waals surface area contributed by atoms with Crippen LogP contribution in [-0.2, 0) is 4.74 Å². The van der Waals surface area contributed by atoms with Gasteiger partial charge in [-0.3, -0.25) is 14.9 Å². The number of likely N-dealkylation sites (tertiary alicyclic amines) is 2. The Hall–Kier alpha value is -4.38. The van der Waals surface area contributed by atoms with Crippen molar-refractivity contribution in [2.75, 3.05) is 52.3 Å². The van der Waals surface area contributed by atoms with Crippen molar-refractivity contribution >= 4 is 40.8 Å². The molecule has 2 fully saturated rings. The zero-order valence-electron chi connectivity index (χ0n) is 26.8. The highest BCUT2D eigenvalue weighted by Crippen LogP contribution is 2.36. The van der Waals surface area contributed by atoms with Gasteiger partial charge in [-0.05, 0) is 57.9 Å². The first-order valence-electron chi connectivity index (χ1n) is 14.9. The molecule has 3 aromatic rings. The third-order valence-electron chi connectivity index (χ3n) is 8.09. The minimum absolute atomic E-state index is 0.168. The largest absolute Gasteiger partial charge is 0.497 e. The van der Waals surface area contributed by atoms with Crippen LogP contribution in [0.4, 0.5) is 16.2 Å². The summed E-state index contributed by atoms with van der Waals surface area (Å²) in [6, 6.07) is 12.5. The van der Waals surface area contributed by atoms with E-state index in [1.807, 2.05) is 70.1 Å². The van der Waals surface area contributed by atoms with Crippen molar-refractivity contribution in [2.45, 2.75) is 51.8 Å². The number of carbonyl (C=O) groups excluding carboxylic acids is 1. The van der Waals surface area contributed by atoms with Crippen LogP contribution in [0.1, 0.15) is 39.8 Å². The van der Waals surface area contributed by atoms with Crippen LogP contribution in [-0.4, -0.2) is 103 Å². The summed E-state index contributed by atoms with van der Waals surface area (Å²) in [6.07, 6.45) is 4.39. The Bertz CT molecular complexity index is 1530. The molecule has 0 saturated carbocycles. The zero-order chi connectivity index (χ0) is 31.6. The van der Waals surface area contributed by atoms with E-state index >= 15 is 0 Å². The van der Waals surface area contributed by atoms with Gasteiger partial charge in [0.15, 0.2) is 0 Å². The smallest absolute Gasteiger partial charge is 0.410 e. The number of benzene rings is 2. The molecule has 2 bridgehead atoms. The number of hydrogen-bond donors (Lipinski definition) is 0. The SMILES string of the molecule is C=NN(C)/C=C(\C)c1cnc2ccc(N(CCN3C[C@@H]4C[C@H]3CN4C(=O)OC(C)(C)C)c3cc(OC)cc(OC)c3)cc2n1. The fourth-order valence-electron chi connectivity index (χ4n) is 5.90. The first kappa shape index (κ1) is 31.1. The average Bonchev–Trinajstić information content (AvgIpc) is 3.61. The number of hydrogen-bond acceptors (Lipinski definition) is 10. The lowest BCUT2D eigenvalue weighted by molar-refractivity contribution is 0.0132. The minimum atomic E-state index is -0.504. The van der Waals surface area contributed by atoms with Gasteiger partial charge in [-0.1, -0.05) is 0 Å². The van der Waals surface area contributed by atoms with E-state index in [4.69, 9.17) is 19.2 Å². The Balaban J connectivity index is 1.42. The van der Waals surface area contributed by atoms with Gasteiger partial charge < -0.3 is 24.0 Å². The molecule has 3 heterocycles. The second kappa shape index (κ2) is 12.7. The number of allylic oxidation sites excluding steroid dienone is 1. The third kappa shape index (κ3) is 6.88. The number of nitrogens with zero attached hydrogens (tertiary/aromatic N) is 7. The first-order valence-corrected chi connectivity index (χ1v) is 14.9. The predicted molar refractivity (Wildman–Crippen MR) is 174 cm³/mol. The molecule has 44 heavy (non-hydrogen) atoms. The van der Waals surface area contributed by atoms with Gasteiger partial charge >= 0.3 is 6.09 Å². The normalized spacial score (nSPS) is 18.4. The highest BCUT2D eigenvalue weighted by molar-refractivity contribution is 5.82. The van der Waals surface area contributed by atoms with E-state index in [1.165, 1.54) is 0 Å². The number of rotatable bonds is 10. The summed E-state index contributed by atoms with van der Waals surface area (Å²) >= 11 is 0. The molecular formula is C33H43N7O4. The Kier molecular flexibility index (Phi) is 8.96. The van der Waals surface area contributed by atoms with Crippen LogP contribution >= 0.6 is 0 Å². The molecule has 0 unspecified atom stereocenters. The van der Waals surface area contributed by atoms with Crippen LogP contribution in [0.15, 0.2) is 53.9 Å². The van der Waals surface area contributed by atoms with Crippen molar-refractivity contribution < 1.29 is 19.0 Å². The van der Waals surface area contributed by atoms with Gasteiger partial charge in [-0.2, -0.15) is 5.10 Å². The number of aromatic nitrogens is 2. The molecule has 1 amide bonds. The molecule has 0 aliphatic carbocycles. The summed E-state index contributed by atoms with van der Waals surface area (Å²) in [6.45, 7) is 14.3. The van der Waals surface area contributed by atoms with Gasteiger partial charge in [0.05, 0.1) is 37.1 Å². The lowest BCUT2D eigenvalue weighted by atomic mass is 10.1. The number of hydrazone groups is 1. The highest BCUT2D eigenvalue weighted by atomic mass is 16.6. The van der Waals surface area contributed by atoms with Crippen molar-refractivity contribution in [3.63, 3.8) is 0 Å². The van der Waals surface area contributed by atoms with E-state index in [-0.39, 0.29) is 12.1 Å². The molecule has 0 N–H and O–H groups in total. The second-order valence-electron chi connectivity index (χ2n) is 12.3. The van der Waals surface area contributed by atoms with Crippen LogP contribution in [0.2, 0.25) is 0 Å². The Labute approximate surface area is 259 Å². The monoisotopic (exact) mass is 601 g/mol. The Morgan fingerprint density at radius 2 is 1.80 bits per heavy atom. The van der Waals surface area contributed by atoms with Crippen LogP contribution in [0.25, 0.3) is 16.6 Å². The summed E-state index contributed by atoms with van der Waals surface area (Å²) in [4.78, 5) is 29.0. The Morgan fingerprint density at radius 1 is 1.07 bits per heavy atom. The minimum Gasteiger partial charge on any atom is -0.497 e. The van der Waals surface area contributed by atoms with Crippen molar-refractivity contribution in [1.29, 1.82) is 0 Å². The maximum absolute atomic E-state index is 12.8.